The Hall–Kier alpha value is -7.78. The van der Waals surface area contributed by atoms with Gasteiger partial charge in [-0.2, -0.15) is 0 Å². The monoisotopic (exact) mass is 805 g/mol. The second kappa shape index (κ2) is 15.0. The van der Waals surface area contributed by atoms with Crippen LogP contribution < -0.4 is 4.90 Å². The molecule has 0 spiro atoms. The summed E-state index contributed by atoms with van der Waals surface area (Å²) in [6.07, 6.45) is 0. The van der Waals surface area contributed by atoms with Crippen molar-refractivity contribution >= 4 is 80.9 Å². The number of hydrogen-bond acceptors (Lipinski definition) is 2. The van der Waals surface area contributed by atoms with Gasteiger partial charge in [0.2, 0.25) is 0 Å². The average molecular weight is 806 g/mol. The largest absolute Gasteiger partial charge is 0.309 e. The highest BCUT2D eigenvalue weighted by Gasteiger charge is 2.20. The molecule has 290 valence electrons. The molecule has 0 saturated heterocycles. The minimum atomic E-state index is 1.11. The van der Waals surface area contributed by atoms with E-state index < -0.39 is 0 Å². The van der Waals surface area contributed by atoms with E-state index in [9.17, 15) is 0 Å². The fraction of sp³-hybridized carbons (Fsp3) is 0. The van der Waals surface area contributed by atoms with Crippen molar-refractivity contribution in [2.75, 3.05) is 4.90 Å². The van der Waals surface area contributed by atoms with Gasteiger partial charge in [0.05, 0.1) is 10.4 Å². The first-order valence-corrected chi connectivity index (χ1v) is 22.1. The van der Waals surface area contributed by atoms with Crippen molar-refractivity contribution in [2.24, 2.45) is 0 Å². The van der Waals surface area contributed by atoms with Crippen molar-refractivity contribution in [3.05, 3.63) is 237 Å². The predicted octanol–water partition coefficient (Wildman–Crippen LogP) is 17.7. The van der Waals surface area contributed by atoms with Crippen LogP contribution in [0.3, 0.4) is 0 Å². The Kier molecular flexibility index (Phi) is 8.76. The number of nitrogens with zero attached hydrogens (tertiary/aromatic N) is 1. The van der Waals surface area contributed by atoms with E-state index in [2.05, 4.69) is 241 Å². The first-order chi connectivity index (χ1) is 30.7. The molecule has 0 aliphatic carbocycles. The zero-order chi connectivity index (χ0) is 41.0. The number of fused-ring (bicyclic) bond motifs is 7. The van der Waals surface area contributed by atoms with Crippen LogP contribution in [0, 0.1) is 0 Å². The molecule has 0 bridgehead atoms. The van der Waals surface area contributed by atoms with Gasteiger partial charge in [0, 0.05) is 26.8 Å². The molecule has 62 heavy (non-hydrogen) atoms. The molecule has 1 nitrogen and oxygen atoms in total. The maximum absolute atomic E-state index is 2.45. The van der Waals surface area contributed by atoms with Crippen molar-refractivity contribution in [3.63, 3.8) is 0 Å². The second-order valence-corrected chi connectivity index (χ2v) is 17.0. The maximum Gasteiger partial charge on any atom is 0.0640 e. The summed E-state index contributed by atoms with van der Waals surface area (Å²) in [6, 6.07) is 86.6. The van der Waals surface area contributed by atoms with E-state index in [1.165, 1.54) is 97.0 Å². The molecule has 1 aromatic heterocycles. The first kappa shape index (κ1) is 36.1. The van der Waals surface area contributed by atoms with Gasteiger partial charge in [-0.3, -0.25) is 0 Å². The van der Waals surface area contributed by atoms with Crippen LogP contribution in [0.1, 0.15) is 0 Å². The van der Waals surface area contributed by atoms with Crippen LogP contribution in [-0.4, -0.2) is 0 Å². The van der Waals surface area contributed by atoms with Crippen LogP contribution >= 0.6 is 11.3 Å². The van der Waals surface area contributed by atoms with Crippen LogP contribution in [-0.2, 0) is 0 Å². The Morgan fingerprint density at radius 1 is 0.258 bits per heavy atom. The normalized spacial score (nSPS) is 11.5. The Morgan fingerprint density at radius 3 is 1.47 bits per heavy atom. The zero-order valence-electron chi connectivity index (χ0n) is 33.9. The first-order valence-electron chi connectivity index (χ1n) is 21.2. The molecule has 2 heteroatoms. The molecule has 12 rings (SSSR count). The second-order valence-electron chi connectivity index (χ2n) is 16.0. The van der Waals surface area contributed by atoms with Gasteiger partial charge in [0.15, 0.2) is 0 Å². The third-order valence-electron chi connectivity index (χ3n) is 12.5. The molecule has 0 radical (unpaired) electrons. The molecule has 0 aliphatic heterocycles. The van der Waals surface area contributed by atoms with Gasteiger partial charge < -0.3 is 4.90 Å². The summed E-state index contributed by atoms with van der Waals surface area (Å²) in [7, 11) is 0. The van der Waals surface area contributed by atoms with E-state index in [0.29, 0.717) is 0 Å². The lowest BCUT2D eigenvalue weighted by atomic mass is 9.93. The number of benzene rings is 11. The quantitative estimate of drug-likeness (QED) is 0.145. The molecular weight excluding hydrogens is 767 g/mol. The van der Waals surface area contributed by atoms with Gasteiger partial charge in [-0.05, 0) is 113 Å². The van der Waals surface area contributed by atoms with Crippen LogP contribution in [0.2, 0.25) is 0 Å². The van der Waals surface area contributed by atoms with Gasteiger partial charge in [-0.15, -0.1) is 11.3 Å². The highest BCUT2D eigenvalue weighted by Crippen LogP contribution is 2.48. The topological polar surface area (TPSA) is 3.24 Å². The molecule has 0 N–H and O–H groups in total. The van der Waals surface area contributed by atoms with E-state index in [1.807, 2.05) is 11.3 Å². The fourth-order valence-electron chi connectivity index (χ4n) is 9.46. The van der Waals surface area contributed by atoms with E-state index in [0.717, 1.165) is 17.1 Å². The minimum absolute atomic E-state index is 1.11. The van der Waals surface area contributed by atoms with Gasteiger partial charge in [-0.25, -0.2) is 0 Å². The highest BCUT2D eigenvalue weighted by molar-refractivity contribution is 7.27. The summed E-state index contributed by atoms with van der Waals surface area (Å²) in [6.45, 7) is 0. The van der Waals surface area contributed by atoms with Gasteiger partial charge >= 0.3 is 0 Å². The number of anilines is 3. The zero-order valence-corrected chi connectivity index (χ0v) is 34.7. The Bertz CT molecular complexity index is 3600. The smallest absolute Gasteiger partial charge is 0.0640 e. The lowest BCUT2D eigenvalue weighted by Gasteiger charge is -2.26. The molecule has 0 unspecified atom stereocenters. The summed E-state index contributed by atoms with van der Waals surface area (Å²) in [5.74, 6) is 0. The van der Waals surface area contributed by atoms with Gasteiger partial charge in [0.25, 0.3) is 0 Å². The Labute approximate surface area is 365 Å². The van der Waals surface area contributed by atoms with Crippen LogP contribution in [0.4, 0.5) is 17.1 Å². The van der Waals surface area contributed by atoms with Crippen LogP contribution in [0.5, 0.6) is 0 Å². The number of rotatable bonds is 7. The third-order valence-corrected chi connectivity index (χ3v) is 13.8. The molecular formula is C60H39NS. The van der Waals surface area contributed by atoms with Crippen molar-refractivity contribution in [3.8, 4) is 44.5 Å². The standard InChI is InChI=1S/C60H39NS/c1-2-13-40(14-3-1)41-27-29-44(30-28-41)52-23-11-24-55-56-25-12-26-58(60(56)62-59(52)55)61(47-35-31-43(32-36-47)50-22-10-17-42-15-4-6-18-49(42)50)48-37-33-45(34-38-48)57-39-46-16-5-7-19-51(46)53-20-8-9-21-54(53)57/h1-39H. The molecule has 0 amide bonds. The maximum atomic E-state index is 2.45. The lowest BCUT2D eigenvalue weighted by molar-refractivity contribution is 1.30. The van der Waals surface area contributed by atoms with E-state index in [-0.39, 0.29) is 0 Å². The fourth-order valence-corrected chi connectivity index (χ4v) is 10.8. The molecule has 0 atom stereocenters. The summed E-state index contributed by atoms with van der Waals surface area (Å²) in [4.78, 5) is 2.45. The van der Waals surface area contributed by atoms with Crippen molar-refractivity contribution < 1.29 is 0 Å². The molecule has 0 fully saturated rings. The predicted molar refractivity (Wildman–Crippen MR) is 268 cm³/mol. The van der Waals surface area contributed by atoms with Crippen molar-refractivity contribution in [2.45, 2.75) is 0 Å². The lowest BCUT2D eigenvalue weighted by Crippen LogP contribution is -2.10. The van der Waals surface area contributed by atoms with Gasteiger partial charge in [0.1, 0.15) is 0 Å². The van der Waals surface area contributed by atoms with Crippen molar-refractivity contribution in [1.82, 2.24) is 0 Å². The summed E-state index contributed by atoms with van der Waals surface area (Å²) in [5.41, 5.74) is 13.2. The number of thiophene rings is 1. The highest BCUT2D eigenvalue weighted by atomic mass is 32.1. The Morgan fingerprint density at radius 2 is 0.726 bits per heavy atom. The van der Waals surface area contributed by atoms with Crippen LogP contribution in [0.25, 0.3) is 97.0 Å². The molecule has 0 aliphatic rings. The summed E-state index contributed by atoms with van der Waals surface area (Å²) in [5, 5.41) is 10.1. The van der Waals surface area contributed by atoms with E-state index in [1.54, 1.807) is 0 Å². The van der Waals surface area contributed by atoms with E-state index in [4.69, 9.17) is 0 Å². The molecule has 12 aromatic rings. The summed E-state index contributed by atoms with van der Waals surface area (Å²) < 4.78 is 2.56. The Balaban J connectivity index is 1.01. The minimum Gasteiger partial charge on any atom is -0.309 e. The molecule has 11 aromatic carbocycles. The molecule has 0 saturated carbocycles. The van der Waals surface area contributed by atoms with Crippen molar-refractivity contribution in [1.29, 1.82) is 0 Å². The van der Waals surface area contributed by atoms with Crippen LogP contribution in [0.15, 0.2) is 237 Å². The average Bonchev–Trinajstić information content (AvgIpc) is 3.74. The SMILES string of the molecule is c1ccc(-c2ccc(-c3cccc4c3sc3c(N(c5ccc(-c6cccc7ccccc67)cc5)c5ccc(-c6cc7ccccc7c7ccccc67)cc5)cccc34)cc2)cc1. The van der Waals surface area contributed by atoms with E-state index >= 15 is 0 Å². The number of hydrogen-bond donors (Lipinski definition) is 0. The molecule has 1 heterocycles. The summed E-state index contributed by atoms with van der Waals surface area (Å²) >= 11 is 1.89. The third kappa shape index (κ3) is 6.15. The van der Waals surface area contributed by atoms with Gasteiger partial charge in [-0.1, -0.05) is 200 Å².